The fourth-order valence-corrected chi connectivity index (χ4v) is 4.30. The highest BCUT2D eigenvalue weighted by atomic mass is 32.2. The molecular formula is C26H23N3O2S. The van der Waals surface area contributed by atoms with Crippen molar-refractivity contribution in [2.45, 2.75) is 18.6 Å². The van der Waals surface area contributed by atoms with Crippen LogP contribution in [0.2, 0.25) is 0 Å². The number of nitrogens with zero attached hydrogens (tertiary/aromatic N) is 3. The van der Waals surface area contributed by atoms with E-state index >= 15 is 0 Å². The molecule has 0 atom stereocenters. The number of rotatable bonds is 7. The van der Waals surface area contributed by atoms with E-state index in [1.165, 1.54) is 11.8 Å². The van der Waals surface area contributed by atoms with Crippen molar-refractivity contribution in [3.8, 4) is 0 Å². The van der Waals surface area contributed by atoms with Crippen LogP contribution in [0.4, 0.5) is 11.4 Å². The van der Waals surface area contributed by atoms with Gasteiger partial charge in [0.15, 0.2) is 5.16 Å². The normalized spacial score (nSPS) is 10.8. The fourth-order valence-electron chi connectivity index (χ4n) is 3.45. The average Bonchev–Trinajstić information content (AvgIpc) is 2.81. The van der Waals surface area contributed by atoms with Crippen LogP contribution in [0.15, 0.2) is 107 Å². The summed E-state index contributed by atoms with van der Waals surface area (Å²) in [6.45, 7) is 6.17. The number of benzene rings is 3. The maximum Gasteiger partial charge on any atom is 0.262 e. The van der Waals surface area contributed by atoms with Gasteiger partial charge in [0.25, 0.3) is 5.56 Å². The average molecular weight is 442 g/mol. The summed E-state index contributed by atoms with van der Waals surface area (Å²) in [7, 11) is 0. The molecule has 0 radical (unpaired) electrons. The lowest BCUT2D eigenvalue weighted by Crippen LogP contribution is -2.29. The minimum absolute atomic E-state index is 0.100. The molecule has 0 saturated heterocycles. The van der Waals surface area contributed by atoms with Crippen LogP contribution < -0.4 is 10.5 Å². The van der Waals surface area contributed by atoms with Gasteiger partial charge in [-0.2, -0.15) is 0 Å². The van der Waals surface area contributed by atoms with E-state index in [9.17, 15) is 9.59 Å². The van der Waals surface area contributed by atoms with Crippen molar-refractivity contribution >= 4 is 39.9 Å². The minimum Gasteiger partial charge on any atom is -0.283 e. The highest BCUT2D eigenvalue weighted by Gasteiger charge is 2.20. The van der Waals surface area contributed by atoms with Crippen molar-refractivity contribution in [2.75, 3.05) is 10.7 Å². The van der Waals surface area contributed by atoms with Gasteiger partial charge in [-0.05, 0) is 43.3 Å². The van der Waals surface area contributed by atoms with Crippen molar-refractivity contribution < 1.29 is 4.79 Å². The van der Waals surface area contributed by atoms with Crippen LogP contribution in [0.25, 0.3) is 10.9 Å². The first-order chi connectivity index (χ1) is 15.5. The molecule has 1 aromatic heterocycles. The lowest BCUT2D eigenvalue weighted by molar-refractivity contribution is -0.115. The largest absolute Gasteiger partial charge is 0.283 e. The van der Waals surface area contributed by atoms with Crippen molar-refractivity contribution in [3.05, 3.63) is 107 Å². The molecule has 4 rings (SSSR count). The Bertz CT molecular complexity index is 1280. The molecule has 5 nitrogen and oxygen atoms in total. The van der Waals surface area contributed by atoms with Gasteiger partial charge in [-0.15, -0.1) is 0 Å². The SMILES string of the molecule is C=C(C)Cn1c(SCC(=O)N(c2ccccc2)c2ccccc2)nc2ccccc2c1=O. The zero-order valence-electron chi connectivity index (χ0n) is 17.8. The molecule has 0 bridgehead atoms. The summed E-state index contributed by atoms with van der Waals surface area (Å²) in [6.07, 6.45) is 0. The molecule has 0 aliphatic heterocycles. The monoisotopic (exact) mass is 441 g/mol. The molecule has 0 aliphatic rings. The number of aromatic nitrogens is 2. The topological polar surface area (TPSA) is 55.2 Å². The molecule has 32 heavy (non-hydrogen) atoms. The lowest BCUT2D eigenvalue weighted by atomic mass is 10.2. The van der Waals surface area contributed by atoms with E-state index in [2.05, 4.69) is 11.6 Å². The third kappa shape index (κ3) is 4.65. The van der Waals surface area contributed by atoms with E-state index in [1.54, 1.807) is 15.5 Å². The first kappa shape index (κ1) is 21.6. The zero-order chi connectivity index (χ0) is 22.5. The Kier molecular flexibility index (Phi) is 6.52. The Hall–Kier alpha value is -3.64. The highest BCUT2D eigenvalue weighted by Crippen LogP contribution is 2.27. The van der Waals surface area contributed by atoms with Gasteiger partial charge in [0.1, 0.15) is 0 Å². The van der Waals surface area contributed by atoms with Gasteiger partial charge in [-0.25, -0.2) is 4.98 Å². The Morgan fingerprint density at radius 3 is 2.09 bits per heavy atom. The van der Waals surface area contributed by atoms with Crippen molar-refractivity contribution in [1.82, 2.24) is 9.55 Å². The molecule has 1 heterocycles. The van der Waals surface area contributed by atoms with Crippen LogP contribution in [-0.2, 0) is 11.3 Å². The van der Waals surface area contributed by atoms with Gasteiger partial charge >= 0.3 is 0 Å². The summed E-state index contributed by atoms with van der Waals surface area (Å²) in [5.74, 6) is 0.0294. The second-order valence-corrected chi connectivity index (χ2v) is 8.39. The van der Waals surface area contributed by atoms with Crippen molar-refractivity contribution in [2.24, 2.45) is 0 Å². The molecule has 0 N–H and O–H groups in total. The van der Waals surface area contributed by atoms with Crippen LogP contribution in [0.3, 0.4) is 0 Å². The maximum absolute atomic E-state index is 13.4. The minimum atomic E-state index is -0.128. The Morgan fingerprint density at radius 2 is 1.50 bits per heavy atom. The van der Waals surface area contributed by atoms with Gasteiger partial charge in [0, 0.05) is 17.9 Å². The summed E-state index contributed by atoms with van der Waals surface area (Å²) >= 11 is 1.26. The van der Waals surface area contributed by atoms with E-state index in [-0.39, 0.29) is 17.2 Å². The fraction of sp³-hybridized carbons (Fsp3) is 0.115. The molecule has 0 fully saturated rings. The number of carbonyl (C=O) groups is 1. The molecule has 0 unspecified atom stereocenters. The summed E-state index contributed by atoms with van der Waals surface area (Å²) in [5.41, 5.74) is 2.91. The number of hydrogen-bond acceptors (Lipinski definition) is 4. The van der Waals surface area contributed by atoms with Crippen LogP contribution in [0.5, 0.6) is 0 Å². The molecule has 0 saturated carbocycles. The van der Waals surface area contributed by atoms with E-state index in [1.807, 2.05) is 85.8 Å². The summed E-state index contributed by atoms with van der Waals surface area (Å²) in [6, 6.07) is 26.3. The number of amides is 1. The molecule has 4 aromatic rings. The Labute approximate surface area is 191 Å². The standard InChI is InChI=1S/C26H23N3O2S/c1-19(2)17-28-25(31)22-15-9-10-16-23(22)27-26(28)32-18-24(30)29(20-11-5-3-6-12-20)21-13-7-4-8-14-21/h3-16H,1,17-18H2,2H3. The van der Waals surface area contributed by atoms with Gasteiger partial charge in [-0.3, -0.25) is 19.1 Å². The van der Waals surface area contributed by atoms with Crippen LogP contribution in [0, 0.1) is 0 Å². The summed E-state index contributed by atoms with van der Waals surface area (Å²) in [4.78, 5) is 32.8. The first-order valence-electron chi connectivity index (χ1n) is 10.2. The van der Waals surface area contributed by atoms with Gasteiger partial charge in [0.05, 0.1) is 16.7 Å². The second-order valence-electron chi connectivity index (χ2n) is 7.45. The molecule has 0 spiro atoms. The quantitative estimate of drug-likeness (QED) is 0.218. The van der Waals surface area contributed by atoms with Crippen molar-refractivity contribution in [1.29, 1.82) is 0 Å². The van der Waals surface area contributed by atoms with Crippen LogP contribution in [0.1, 0.15) is 6.92 Å². The molecule has 3 aromatic carbocycles. The van der Waals surface area contributed by atoms with Crippen molar-refractivity contribution in [3.63, 3.8) is 0 Å². The van der Waals surface area contributed by atoms with Gasteiger partial charge in [0.2, 0.25) is 5.91 Å². The molecular weight excluding hydrogens is 418 g/mol. The first-order valence-corrected chi connectivity index (χ1v) is 11.2. The van der Waals surface area contributed by atoms with Crippen LogP contribution in [-0.4, -0.2) is 21.2 Å². The maximum atomic E-state index is 13.4. The Morgan fingerprint density at radius 1 is 0.938 bits per heavy atom. The predicted octanol–water partition coefficient (Wildman–Crippen LogP) is 5.43. The lowest BCUT2D eigenvalue weighted by Gasteiger charge is -2.23. The molecule has 0 aliphatic carbocycles. The summed E-state index contributed by atoms with van der Waals surface area (Å²) < 4.78 is 1.60. The number of carbonyl (C=O) groups excluding carboxylic acids is 1. The van der Waals surface area contributed by atoms with Crippen LogP contribution >= 0.6 is 11.8 Å². The van der Waals surface area contributed by atoms with Gasteiger partial charge < -0.3 is 0 Å². The number of anilines is 2. The molecule has 160 valence electrons. The highest BCUT2D eigenvalue weighted by molar-refractivity contribution is 7.99. The number of hydrogen-bond donors (Lipinski definition) is 0. The third-order valence-electron chi connectivity index (χ3n) is 4.86. The summed E-state index contributed by atoms with van der Waals surface area (Å²) in [5, 5.41) is 1.06. The van der Waals surface area contributed by atoms with E-state index in [0.29, 0.717) is 22.6 Å². The molecule has 1 amide bonds. The second kappa shape index (κ2) is 9.66. The van der Waals surface area contributed by atoms with E-state index in [0.717, 1.165) is 16.9 Å². The predicted molar refractivity (Wildman–Crippen MR) is 132 cm³/mol. The zero-order valence-corrected chi connectivity index (χ0v) is 18.6. The third-order valence-corrected chi connectivity index (χ3v) is 5.82. The van der Waals surface area contributed by atoms with E-state index in [4.69, 9.17) is 0 Å². The van der Waals surface area contributed by atoms with E-state index < -0.39 is 0 Å². The smallest absolute Gasteiger partial charge is 0.262 e. The number of allylic oxidation sites excluding steroid dienone is 1. The Balaban J connectivity index is 1.68. The van der Waals surface area contributed by atoms with Gasteiger partial charge in [-0.1, -0.05) is 72.4 Å². The number of fused-ring (bicyclic) bond motifs is 1. The molecule has 6 heteroatoms. The number of para-hydroxylation sites is 3. The number of thioether (sulfide) groups is 1.